The first-order valence-corrected chi connectivity index (χ1v) is 2.88. The maximum Gasteiger partial charge on any atom is 0.0460 e. The highest BCUT2D eigenvalue weighted by atomic mass is 15.2. The Balaban J connectivity index is 3.26. The molecule has 0 aromatic heterocycles. The average Bonchev–Trinajstić information content (AvgIpc) is 1.89. The van der Waals surface area contributed by atoms with Crippen LogP contribution in [0.2, 0.25) is 0 Å². The van der Waals surface area contributed by atoms with Gasteiger partial charge in [0, 0.05) is 18.9 Å². The lowest BCUT2D eigenvalue weighted by Crippen LogP contribution is -1.68. The van der Waals surface area contributed by atoms with Crippen LogP contribution < -0.4 is 0 Å². The van der Waals surface area contributed by atoms with Crippen LogP contribution in [0.5, 0.6) is 0 Å². The molecule has 0 unspecified atom stereocenters. The third-order valence-electron chi connectivity index (χ3n) is 0.622. The molecular weight excluding hydrogens is 112 g/mol. The molecule has 0 saturated carbocycles. The minimum Gasteiger partial charge on any atom is -0.164 e. The Hall–Kier alpha value is -1.10. The Morgan fingerprint density at radius 3 is 2.67 bits per heavy atom. The number of rotatable bonds is 3. The molecule has 0 aliphatic heterocycles. The zero-order chi connectivity index (χ0) is 6.95. The van der Waals surface area contributed by atoms with Crippen LogP contribution in [-0.2, 0) is 0 Å². The van der Waals surface area contributed by atoms with Crippen LogP contribution in [0.4, 0.5) is 0 Å². The number of nitrogens with zero attached hydrogens (tertiary/aromatic N) is 2. The van der Waals surface area contributed by atoms with Crippen molar-refractivity contribution in [2.75, 3.05) is 0 Å². The average molecular weight is 122 g/mol. The van der Waals surface area contributed by atoms with Gasteiger partial charge < -0.3 is 0 Å². The fourth-order valence-electron chi connectivity index (χ4n) is 0.269. The summed E-state index contributed by atoms with van der Waals surface area (Å²) in [4.78, 5) is 0. The van der Waals surface area contributed by atoms with Crippen molar-refractivity contribution in [3.63, 3.8) is 0 Å². The van der Waals surface area contributed by atoms with E-state index in [2.05, 4.69) is 16.1 Å². The lowest BCUT2D eigenvalue weighted by molar-refractivity contribution is 1.20. The smallest absolute Gasteiger partial charge is 0.0460 e. The summed E-state index contributed by atoms with van der Waals surface area (Å²) < 4.78 is 0. The summed E-state index contributed by atoms with van der Waals surface area (Å²) in [7, 11) is 0. The zero-order valence-electron chi connectivity index (χ0n) is 5.54. The molecule has 0 amide bonds. The highest BCUT2D eigenvalue weighted by molar-refractivity contribution is 5.62. The molecule has 9 heavy (non-hydrogen) atoms. The van der Waals surface area contributed by atoms with Crippen LogP contribution in [0.15, 0.2) is 10.2 Å². The van der Waals surface area contributed by atoms with Gasteiger partial charge in [-0.25, -0.2) is 0 Å². The van der Waals surface area contributed by atoms with Crippen molar-refractivity contribution in [3.05, 3.63) is 0 Å². The molecule has 2 nitrogen and oxygen atoms in total. The van der Waals surface area contributed by atoms with Crippen molar-refractivity contribution in [2.24, 2.45) is 10.2 Å². The van der Waals surface area contributed by atoms with Gasteiger partial charge in [-0.2, -0.15) is 10.2 Å². The molecule has 0 saturated heterocycles. The van der Waals surface area contributed by atoms with Gasteiger partial charge in [0.1, 0.15) is 0 Å². The Morgan fingerprint density at radius 1 is 1.44 bits per heavy atom. The van der Waals surface area contributed by atoms with Crippen LogP contribution in [-0.4, -0.2) is 12.4 Å². The van der Waals surface area contributed by atoms with E-state index in [0.717, 1.165) is 6.42 Å². The Kier molecular flexibility index (Phi) is 6.06. The molecule has 0 atom stereocenters. The lowest BCUT2D eigenvalue weighted by atomic mass is 10.5. The van der Waals surface area contributed by atoms with E-state index in [-0.39, 0.29) is 0 Å². The highest BCUT2D eigenvalue weighted by Gasteiger charge is 1.65. The molecule has 0 heterocycles. The third-order valence-corrected chi connectivity index (χ3v) is 0.622. The van der Waals surface area contributed by atoms with E-state index in [1.165, 1.54) is 0 Å². The number of hydrogen-bond donors (Lipinski definition) is 0. The molecule has 0 aromatic carbocycles. The second-order valence-corrected chi connectivity index (χ2v) is 1.41. The normalized spacial score (nSPS) is 10.7. The summed E-state index contributed by atoms with van der Waals surface area (Å²) in [6.07, 6.45) is 9.75. The van der Waals surface area contributed by atoms with Crippen LogP contribution in [0.25, 0.3) is 0 Å². The van der Waals surface area contributed by atoms with Gasteiger partial charge in [0.2, 0.25) is 0 Å². The Bertz CT molecular complexity index is 139. The van der Waals surface area contributed by atoms with E-state index in [1.54, 1.807) is 12.4 Å². The number of hydrogen-bond acceptors (Lipinski definition) is 2. The second kappa shape index (κ2) is 6.90. The lowest BCUT2D eigenvalue weighted by Gasteiger charge is -1.74. The van der Waals surface area contributed by atoms with Crippen LogP contribution >= 0.6 is 0 Å². The maximum absolute atomic E-state index is 4.95. The molecule has 2 heteroatoms. The second-order valence-electron chi connectivity index (χ2n) is 1.41. The SMILES string of the molecule is C#CC/C=N\N=C/CC. The van der Waals surface area contributed by atoms with Crippen LogP contribution in [0.1, 0.15) is 19.8 Å². The van der Waals surface area contributed by atoms with E-state index in [9.17, 15) is 0 Å². The van der Waals surface area contributed by atoms with E-state index < -0.39 is 0 Å². The van der Waals surface area contributed by atoms with Gasteiger partial charge in [-0.15, -0.1) is 12.3 Å². The molecule has 0 N–H and O–H groups in total. The van der Waals surface area contributed by atoms with Crippen molar-refractivity contribution >= 4 is 12.4 Å². The molecule has 0 rings (SSSR count). The van der Waals surface area contributed by atoms with E-state index in [4.69, 9.17) is 6.42 Å². The largest absolute Gasteiger partial charge is 0.164 e. The summed E-state index contributed by atoms with van der Waals surface area (Å²) >= 11 is 0. The number of terminal acetylenes is 1. The molecule has 0 fully saturated rings. The molecule has 0 aromatic rings. The van der Waals surface area contributed by atoms with Crippen molar-refractivity contribution < 1.29 is 0 Å². The van der Waals surface area contributed by atoms with E-state index in [1.807, 2.05) is 6.92 Å². The summed E-state index contributed by atoms with van der Waals surface area (Å²) in [6, 6.07) is 0. The quantitative estimate of drug-likeness (QED) is 0.308. The predicted octanol–water partition coefficient (Wildman–Crippen LogP) is 1.48. The van der Waals surface area contributed by atoms with Crippen molar-refractivity contribution in [1.29, 1.82) is 0 Å². The van der Waals surface area contributed by atoms with E-state index >= 15 is 0 Å². The molecule has 48 valence electrons. The molecule has 0 bridgehead atoms. The summed E-state index contributed by atoms with van der Waals surface area (Å²) in [6.45, 7) is 2.00. The molecular formula is C7H10N2. The summed E-state index contributed by atoms with van der Waals surface area (Å²) in [5.74, 6) is 2.42. The summed E-state index contributed by atoms with van der Waals surface area (Å²) in [5, 5.41) is 7.33. The first-order valence-electron chi connectivity index (χ1n) is 2.88. The minimum absolute atomic E-state index is 0.557. The van der Waals surface area contributed by atoms with Gasteiger partial charge in [0.05, 0.1) is 0 Å². The minimum atomic E-state index is 0.557. The fourth-order valence-corrected chi connectivity index (χ4v) is 0.269. The van der Waals surface area contributed by atoms with Gasteiger partial charge in [0.25, 0.3) is 0 Å². The monoisotopic (exact) mass is 122 g/mol. The third kappa shape index (κ3) is 6.90. The van der Waals surface area contributed by atoms with Crippen molar-refractivity contribution in [3.8, 4) is 12.3 Å². The van der Waals surface area contributed by atoms with Crippen LogP contribution in [0, 0.1) is 12.3 Å². The highest BCUT2D eigenvalue weighted by Crippen LogP contribution is 1.73. The van der Waals surface area contributed by atoms with Gasteiger partial charge >= 0.3 is 0 Å². The van der Waals surface area contributed by atoms with Crippen molar-refractivity contribution in [1.82, 2.24) is 0 Å². The van der Waals surface area contributed by atoms with Gasteiger partial charge in [0.15, 0.2) is 0 Å². The summed E-state index contributed by atoms with van der Waals surface area (Å²) in [5.41, 5.74) is 0. The fraction of sp³-hybridized carbons (Fsp3) is 0.429. The first-order chi connectivity index (χ1) is 4.41. The molecule has 0 radical (unpaired) electrons. The molecule has 0 aliphatic rings. The Morgan fingerprint density at radius 2 is 2.11 bits per heavy atom. The predicted molar refractivity (Wildman–Crippen MR) is 40.7 cm³/mol. The first kappa shape index (κ1) is 7.90. The molecule has 0 aliphatic carbocycles. The molecule has 0 spiro atoms. The maximum atomic E-state index is 4.95. The topological polar surface area (TPSA) is 24.7 Å². The van der Waals surface area contributed by atoms with E-state index in [0.29, 0.717) is 6.42 Å². The van der Waals surface area contributed by atoms with Crippen LogP contribution in [0.3, 0.4) is 0 Å². The zero-order valence-corrected chi connectivity index (χ0v) is 5.54. The standard InChI is InChI=1S/C7H10N2/c1-3-5-7-9-8-6-4-2/h1,6-7H,4-5H2,2H3/b8-6-,9-7-. The Labute approximate surface area is 55.7 Å². The van der Waals surface area contributed by atoms with Gasteiger partial charge in [-0.3, -0.25) is 0 Å². The van der Waals surface area contributed by atoms with Gasteiger partial charge in [-0.1, -0.05) is 6.92 Å². The van der Waals surface area contributed by atoms with Gasteiger partial charge in [-0.05, 0) is 6.42 Å². The van der Waals surface area contributed by atoms with Crippen molar-refractivity contribution in [2.45, 2.75) is 19.8 Å².